The Morgan fingerprint density at radius 2 is 1.89 bits per heavy atom. The average molecular weight is 336 g/mol. The van der Waals surface area contributed by atoms with Crippen LogP contribution < -0.4 is 0 Å². The lowest BCUT2D eigenvalue weighted by Crippen LogP contribution is -2.13. The van der Waals surface area contributed by atoms with E-state index in [1.54, 1.807) is 18.2 Å². The summed E-state index contributed by atoms with van der Waals surface area (Å²) in [6, 6.07) is 7.08. The third kappa shape index (κ3) is 4.83. The van der Waals surface area contributed by atoms with Crippen molar-refractivity contribution in [1.29, 1.82) is 0 Å². The van der Waals surface area contributed by atoms with Crippen LogP contribution >= 0.6 is 31.7 Å². The number of halogens is 3. The fraction of sp³-hybridized carbons (Fsp3) is 0.167. The molecule has 1 aromatic carbocycles. The Morgan fingerprint density at radius 3 is 2.32 bits per heavy atom. The number of benzene rings is 1. The molecule has 0 N–H and O–H groups in total. The van der Waals surface area contributed by atoms with Crippen LogP contribution in [0.2, 0.25) is 0 Å². The van der Waals surface area contributed by atoms with Crippen molar-refractivity contribution in [3.63, 3.8) is 0 Å². The maximum atomic E-state index is 11.6. The van der Waals surface area contributed by atoms with Crippen molar-refractivity contribution in [2.45, 2.75) is 13.8 Å². The maximum Gasteiger partial charge on any atom is 0.815 e. The Bertz CT molecular complexity index is 525. The molecule has 0 saturated carbocycles. The van der Waals surface area contributed by atoms with Gasteiger partial charge in [0.15, 0.2) is 5.78 Å². The summed E-state index contributed by atoms with van der Waals surface area (Å²) in [7, 11) is 11.4. The van der Waals surface area contributed by atoms with E-state index in [1.807, 2.05) is 13.0 Å². The molecular formula is C12H10AlCl3O3. The van der Waals surface area contributed by atoms with E-state index in [0.717, 1.165) is 5.56 Å². The van der Waals surface area contributed by atoms with E-state index in [-0.39, 0.29) is 11.3 Å². The van der Waals surface area contributed by atoms with Crippen molar-refractivity contribution < 1.29 is 13.4 Å². The molecule has 1 aromatic rings. The maximum absolute atomic E-state index is 11.6. The van der Waals surface area contributed by atoms with E-state index in [1.165, 1.54) is 6.92 Å². The van der Waals surface area contributed by atoms with Gasteiger partial charge in [0.05, 0.1) is 0 Å². The van der Waals surface area contributed by atoms with Crippen LogP contribution in [0, 0.1) is 6.92 Å². The third-order valence-corrected chi connectivity index (χ3v) is 3.40. The van der Waals surface area contributed by atoms with Crippen molar-refractivity contribution in [3.8, 4) is 0 Å². The summed E-state index contributed by atoms with van der Waals surface area (Å²) in [5, 5.41) is -0.896. The van der Waals surface area contributed by atoms with Crippen LogP contribution in [0.5, 0.6) is 0 Å². The SMILES string of the molecule is CC(=O)/C(C(=O)Cl)=C(\[O][Al]([Cl])[Cl])c1cccc(C)c1. The van der Waals surface area contributed by atoms with Gasteiger partial charge in [-0.15, -0.1) is 0 Å². The van der Waals surface area contributed by atoms with Gasteiger partial charge in [0.2, 0.25) is 0 Å². The van der Waals surface area contributed by atoms with Crippen LogP contribution in [0.4, 0.5) is 0 Å². The molecule has 0 spiro atoms. The third-order valence-electron chi connectivity index (χ3n) is 2.26. The second-order valence-corrected chi connectivity index (χ2v) is 7.93. The lowest BCUT2D eigenvalue weighted by molar-refractivity contribution is -0.117. The first-order valence-electron chi connectivity index (χ1n) is 5.29. The number of carbonyl (C=O) groups excluding carboxylic acids is 2. The van der Waals surface area contributed by atoms with Gasteiger partial charge < -0.3 is 3.79 Å². The quantitative estimate of drug-likeness (QED) is 0.206. The summed E-state index contributed by atoms with van der Waals surface area (Å²) in [6.07, 6.45) is 0. The lowest BCUT2D eigenvalue weighted by atomic mass is 10.0. The number of aryl methyl sites for hydroxylation is 1. The van der Waals surface area contributed by atoms with E-state index < -0.39 is 23.7 Å². The molecular weight excluding hydrogens is 325 g/mol. The lowest BCUT2D eigenvalue weighted by Gasteiger charge is -2.14. The molecule has 0 fully saturated rings. The number of allylic oxidation sites excluding steroid dienone is 1. The molecule has 0 amide bonds. The Balaban J connectivity index is 3.47. The van der Waals surface area contributed by atoms with E-state index in [0.29, 0.717) is 5.56 Å². The molecule has 0 aromatic heterocycles. The normalized spacial score (nSPS) is 11.6. The van der Waals surface area contributed by atoms with Gasteiger partial charge in [0, 0.05) is 5.56 Å². The molecule has 19 heavy (non-hydrogen) atoms. The molecule has 100 valence electrons. The Morgan fingerprint density at radius 1 is 1.26 bits per heavy atom. The Labute approximate surface area is 129 Å². The summed E-state index contributed by atoms with van der Waals surface area (Å²) >= 11 is 2.91. The molecule has 0 aliphatic rings. The van der Waals surface area contributed by atoms with Crippen LogP contribution in [0.15, 0.2) is 29.8 Å². The number of rotatable bonds is 5. The molecule has 0 radical (unpaired) electrons. The standard InChI is InChI=1S/C12H11ClO3.Al.2ClH/c1-7-4-3-5-9(6-7)11(15)10(8(2)14)12(13)16;;;/h3-6,15H,1-2H3;;2*1H/q;+3;;/p-3/b11-10+;;;. The summed E-state index contributed by atoms with van der Waals surface area (Å²) in [6.45, 7) is 3.10. The van der Waals surface area contributed by atoms with Gasteiger partial charge in [-0.25, -0.2) is 0 Å². The molecule has 3 nitrogen and oxygen atoms in total. The largest absolute Gasteiger partial charge is 0.815 e. The van der Waals surface area contributed by atoms with Gasteiger partial charge in [-0.3, -0.25) is 9.59 Å². The Kier molecular flexibility index (Phi) is 6.39. The number of ketones is 1. The molecule has 0 aliphatic heterocycles. The molecule has 7 heteroatoms. The predicted octanol–water partition coefficient (Wildman–Crippen LogP) is 3.54. The predicted molar refractivity (Wildman–Crippen MR) is 78.2 cm³/mol. The summed E-state index contributed by atoms with van der Waals surface area (Å²) in [4.78, 5) is 23.0. The van der Waals surface area contributed by atoms with Gasteiger partial charge in [-0.1, -0.05) is 23.8 Å². The zero-order valence-corrected chi connectivity index (χ0v) is 13.7. The number of Topliss-reactive ketones (excluding diaryl/α,β-unsaturated/α-hetero) is 1. The first-order valence-corrected chi connectivity index (χ1v) is 9.64. The van der Waals surface area contributed by atoms with E-state index in [4.69, 9.17) is 35.5 Å². The fourth-order valence-corrected chi connectivity index (χ4v) is 2.72. The summed E-state index contributed by atoms with van der Waals surface area (Å²) in [5.74, 6) is -0.461. The highest BCUT2D eigenvalue weighted by Crippen LogP contribution is 2.25. The minimum Gasteiger partial charge on any atom is -0.619 e. The van der Waals surface area contributed by atoms with Crippen molar-refractivity contribution in [1.82, 2.24) is 0 Å². The fourth-order valence-electron chi connectivity index (χ4n) is 1.53. The highest BCUT2D eigenvalue weighted by molar-refractivity contribution is 7.31. The van der Waals surface area contributed by atoms with Crippen molar-refractivity contribution in [2.75, 3.05) is 0 Å². The molecule has 0 unspecified atom stereocenters. The highest BCUT2D eigenvalue weighted by Gasteiger charge is 2.26. The topological polar surface area (TPSA) is 43.4 Å². The highest BCUT2D eigenvalue weighted by atomic mass is 35.7. The molecule has 0 atom stereocenters. The molecule has 0 saturated heterocycles. The van der Waals surface area contributed by atoms with Crippen LogP contribution in [-0.2, 0) is 13.4 Å². The van der Waals surface area contributed by atoms with Crippen LogP contribution in [-0.4, -0.2) is 23.7 Å². The van der Waals surface area contributed by atoms with Crippen LogP contribution in [0.3, 0.4) is 0 Å². The second kappa shape index (κ2) is 7.33. The zero-order valence-electron chi connectivity index (χ0n) is 10.2. The molecule has 0 heterocycles. The van der Waals surface area contributed by atoms with E-state index in [2.05, 4.69) is 0 Å². The second-order valence-electron chi connectivity index (χ2n) is 3.78. The first-order chi connectivity index (χ1) is 8.82. The van der Waals surface area contributed by atoms with E-state index >= 15 is 0 Å². The summed E-state index contributed by atoms with van der Waals surface area (Å²) in [5.41, 5.74) is 1.23. The smallest absolute Gasteiger partial charge is 0.619 e. The number of hydrogen-bond acceptors (Lipinski definition) is 3. The summed E-state index contributed by atoms with van der Waals surface area (Å²) < 4.78 is 5.30. The van der Waals surface area contributed by atoms with Crippen LogP contribution in [0.1, 0.15) is 18.1 Å². The van der Waals surface area contributed by atoms with Gasteiger partial charge in [-0.05, 0) is 31.5 Å². The number of carbonyl (C=O) groups is 2. The minimum absolute atomic E-state index is 0.0397. The van der Waals surface area contributed by atoms with Gasteiger partial charge in [-0.2, -0.15) is 20.1 Å². The van der Waals surface area contributed by atoms with Gasteiger partial charge in [0.1, 0.15) is 11.3 Å². The number of hydrogen-bond donors (Lipinski definition) is 0. The van der Waals surface area contributed by atoms with Gasteiger partial charge >= 0.3 is 12.6 Å². The molecule has 0 bridgehead atoms. The Hall–Kier alpha value is -0.498. The van der Waals surface area contributed by atoms with Gasteiger partial charge in [0.25, 0.3) is 5.24 Å². The van der Waals surface area contributed by atoms with Crippen molar-refractivity contribution in [3.05, 3.63) is 41.0 Å². The molecule has 0 aliphatic carbocycles. The monoisotopic (exact) mass is 334 g/mol. The first kappa shape index (κ1) is 16.6. The molecule has 1 rings (SSSR count). The zero-order chi connectivity index (χ0) is 14.6. The van der Waals surface area contributed by atoms with Crippen molar-refractivity contribution >= 4 is 61.1 Å². The van der Waals surface area contributed by atoms with E-state index in [9.17, 15) is 9.59 Å². The average Bonchev–Trinajstić information content (AvgIpc) is 2.26. The minimum atomic E-state index is -2.53. The van der Waals surface area contributed by atoms with Crippen molar-refractivity contribution in [2.24, 2.45) is 0 Å². The van der Waals surface area contributed by atoms with Crippen LogP contribution in [0.25, 0.3) is 5.76 Å².